The predicted molar refractivity (Wildman–Crippen MR) is 56.6 cm³/mol. The van der Waals surface area contributed by atoms with Gasteiger partial charge < -0.3 is 9.67 Å². The number of hydrogen-bond acceptors (Lipinski definition) is 2. The van der Waals surface area contributed by atoms with Crippen molar-refractivity contribution in [2.45, 2.75) is 32.0 Å². The Kier molecular flexibility index (Phi) is 4.74. The lowest BCUT2D eigenvalue weighted by Crippen LogP contribution is -2.27. The van der Waals surface area contributed by atoms with Crippen LogP contribution in [-0.2, 0) is 12.7 Å². The van der Waals surface area contributed by atoms with Crippen LogP contribution in [0.2, 0.25) is 0 Å². The largest absolute Gasteiger partial charge is 0.431 e. The minimum Gasteiger partial charge on any atom is -0.396 e. The van der Waals surface area contributed by atoms with E-state index in [2.05, 4.69) is 0 Å². The number of aliphatic hydroxyl groups excluding tert-OH is 1. The third-order valence-electron chi connectivity index (χ3n) is 2.38. The van der Waals surface area contributed by atoms with Gasteiger partial charge in [0.25, 0.3) is 5.56 Å². The third kappa shape index (κ3) is 3.89. The summed E-state index contributed by atoms with van der Waals surface area (Å²) in [4.78, 5) is 11.4. The van der Waals surface area contributed by atoms with Gasteiger partial charge in [-0.05, 0) is 25.3 Å². The smallest absolute Gasteiger partial charge is 0.396 e. The number of aliphatic hydroxyl groups is 1. The SMILES string of the molecule is O=c1cccc(C(F)(F)F)n1CCCCCO. The molecule has 1 aromatic rings. The Morgan fingerprint density at radius 1 is 1.18 bits per heavy atom. The highest BCUT2D eigenvalue weighted by Gasteiger charge is 2.33. The van der Waals surface area contributed by atoms with Crippen molar-refractivity contribution in [2.75, 3.05) is 6.61 Å². The van der Waals surface area contributed by atoms with Gasteiger partial charge in [-0.3, -0.25) is 4.79 Å². The quantitative estimate of drug-likeness (QED) is 0.811. The molecule has 0 aliphatic rings. The van der Waals surface area contributed by atoms with Crippen molar-refractivity contribution in [1.82, 2.24) is 4.57 Å². The van der Waals surface area contributed by atoms with E-state index in [0.29, 0.717) is 19.3 Å². The number of aromatic nitrogens is 1. The summed E-state index contributed by atoms with van der Waals surface area (Å²) < 4.78 is 38.5. The van der Waals surface area contributed by atoms with Crippen LogP contribution in [0.15, 0.2) is 23.0 Å². The van der Waals surface area contributed by atoms with Gasteiger partial charge in [0.1, 0.15) is 5.69 Å². The van der Waals surface area contributed by atoms with E-state index in [1.165, 1.54) is 0 Å². The van der Waals surface area contributed by atoms with E-state index in [-0.39, 0.29) is 13.2 Å². The number of unbranched alkanes of at least 4 members (excludes halogenated alkanes) is 2. The second-order valence-corrected chi connectivity index (χ2v) is 3.68. The Hall–Kier alpha value is -1.30. The fourth-order valence-corrected chi connectivity index (χ4v) is 1.56. The van der Waals surface area contributed by atoms with Crippen LogP contribution in [0.1, 0.15) is 25.0 Å². The number of pyridine rings is 1. The summed E-state index contributed by atoms with van der Waals surface area (Å²) >= 11 is 0. The minimum atomic E-state index is -4.52. The molecule has 6 heteroatoms. The molecular formula is C11H14F3NO2. The molecule has 17 heavy (non-hydrogen) atoms. The van der Waals surface area contributed by atoms with Gasteiger partial charge in [-0.15, -0.1) is 0 Å². The summed E-state index contributed by atoms with van der Waals surface area (Å²) in [5, 5.41) is 8.55. The number of halogens is 3. The first-order valence-corrected chi connectivity index (χ1v) is 5.34. The topological polar surface area (TPSA) is 42.2 Å². The van der Waals surface area contributed by atoms with Crippen LogP contribution in [0.4, 0.5) is 13.2 Å². The summed E-state index contributed by atoms with van der Waals surface area (Å²) in [7, 11) is 0. The van der Waals surface area contributed by atoms with Crippen LogP contribution in [-0.4, -0.2) is 16.3 Å². The van der Waals surface area contributed by atoms with Crippen molar-refractivity contribution < 1.29 is 18.3 Å². The maximum Gasteiger partial charge on any atom is 0.431 e. The highest BCUT2D eigenvalue weighted by molar-refractivity contribution is 5.10. The van der Waals surface area contributed by atoms with Gasteiger partial charge in [-0.2, -0.15) is 13.2 Å². The molecule has 1 rings (SSSR count). The maximum absolute atomic E-state index is 12.6. The number of rotatable bonds is 5. The first-order chi connectivity index (χ1) is 7.96. The van der Waals surface area contributed by atoms with Crippen molar-refractivity contribution >= 4 is 0 Å². The van der Waals surface area contributed by atoms with Crippen LogP contribution in [0, 0.1) is 0 Å². The number of hydrogen-bond donors (Lipinski definition) is 1. The molecule has 0 atom stereocenters. The molecule has 0 aromatic carbocycles. The Bertz CT molecular complexity index is 412. The average Bonchev–Trinajstić information content (AvgIpc) is 2.24. The van der Waals surface area contributed by atoms with E-state index in [1.807, 2.05) is 0 Å². The van der Waals surface area contributed by atoms with E-state index >= 15 is 0 Å². The van der Waals surface area contributed by atoms with Crippen molar-refractivity contribution in [2.24, 2.45) is 0 Å². The Morgan fingerprint density at radius 3 is 2.47 bits per heavy atom. The fraction of sp³-hybridized carbons (Fsp3) is 0.545. The van der Waals surface area contributed by atoms with Crippen molar-refractivity contribution in [3.63, 3.8) is 0 Å². The molecule has 0 spiro atoms. The van der Waals surface area contributed by atoms with Crippen molar-refractivity contribution in [3.8, 4) is 0 Å². The Morgan fingerprint density at radius 2 is 1.88 bits per heavy atom. The van der Waals surface area contributed by atoms with E-state index in [0.717, 1.165) is 22.8 Å². The van der Waals surface area contributed by atoms with E-state index < -0.39 is 17.4 Å². The molecule has 96 valence electrons. The second kappa shape index (κ2) is 5.86. The van der Waals surface area contributed by atoms with Crippen molar-refractivity contribution in [3.05, 3.63) is 34.2 Å². The van der Waals surface area contributed by atoms with Crippen molar-refractivity contribution in [1.29, 1.82) is 0 Å². The molecule has 1 N–H and O–H groups in total. The molecule has 0 radical (unpaired) electrons. The first kappa shape index (κ1) is 13.8. The van der Waals surface area contributed by atoms with Gasteiger partial charge in [-0.1, -0.05) is 6.07 Å². The molecule has 0 aliphatic carbocycles. The van der Waals surface area contributed by atoms with Gasteiger partial charge in [-0.25, -0.2) is 0 Å². The van der Waals surface area contributed by atoms with E-state index in [9.17, 15) is 18.0 Å². The van der Waals surface area contributed by atoms with Crippen LogP contribution < -0.4 is 5.56 Å². The standard InChI is InChI=1S/C11H14F3NO2/c12-11(13,14)9-5-4-6-10(17)15(9)7-2-1-3-8-16/h4-6,16H,1-3,7-8H2. The molecule has 0 unspecified atom stereocenters. The molecule has 0 saturated carbocycles. The minimum absolute atomic E-state index is 0.00974. The summed E-state index contributed by atoms with van der Waals surface area (Å²) in [5.74, 6) is 0. The Balaban J connectivity index is 2.86. The fourth-order valence-electron chi connectivity index (χ4n) is 1.56. The monoisotopic (exact) mass is 249 g/mol. The zero-order valence-electron chi connectivity index (χ0n) is 9.20. The summed E-state index contributed by atoms with van der Waals surface area (Å²) in [6.45, 7) is 0.0321. The third-order valence-corrected chi connectivity index (χ3v) is 2.38. The van der Waals surface area contributed by atoms with Gasteiger partial charge >= 0.3 is 6.18 Å². The zero-order chi connectivity index (χ0) is 12.9. The van der Waals surface area contributed by atoms with Crippen LogP contribution in [0.25, 0.3) is 0 Å². The number of alkyl halides is 3. The molecule has 3 nitrogen and oxygen atoms in total. The lowest BCUT2D eigenvalue weighted by molar-refractivity contribution is -0.144. The van der Waals surface area contributed by atoms with Gasteiger partial charge in [0.05, 0.1) is 0 Å². The highest BCUT2D eigenvalue weighted by Crippen LogP contribution is 2.28. The molecule has 0 aliphatic heterocycles. The maximum atomic E-state index is 12.6. The molecule has 1 heterocycles. The lowest BCUT2D eigenvalue weighted by atomic mass is 10.2. The molecular weight excluding hydrogens is 235 g/mol. The zero-order valence-corrected chi connectivity index (χ0v) is 9.20. The van der Waals surface area contributed by atoms with Gasteiger partial charge in [0.15, 0.2) is 0 Å². The van der Waals surface area contributed by atoms with Gasteiger partial charge in [0.2, 0.25) is 0 Å². The summed E-state index contributed by atoms with van der Waals surface area (Å²) in [6.07, 6.45) is -2.96. The highest BCUT2D eigenvalue weighted by atomic mass is 19.4. The summed E-state index contributed by atoms with van der Waals surface area (Å²) in [6, 6.07) is 3.12. The molecule has 0 saturated heterocycles. The molecule has 1 aromatic heterocycles. The van der Waals surface area contributed by atoms with E-state index in [1.54, 1.807) is 0 Å². The second-order valence-electron chi connectivity index (χ2n) is 3.68. The number of nitrogens with zero attached hydrogens (tertiary/aromatic N) is 1. The molecule has 0 fully saturated rings. The Labute approximate surface area is 96.5 Å². The van der Waals surface area contributed by atoms with Crippen LogP contribution in [0.3, 0.4) is 0 Å². The normalized spacial score (nSPS) is 11.8. The summed E-state index contributed by atoms with van der Waals surface area (Å²) in [5.41, 5.74) is -1.57. The molecule has 0 amide bonds. The first-order valence-electron chi connectivity index (χ1n) is 5.34. The van der Waals surface area contributed by atoms with Crippen LogP contribution >= 0.6 is 0 Å². The average molecular weight is 249 g/mol. The molecule has 0 bridgehead atoms. The van der Waals surface area contributed by atoms with Crippen LogP contribution in [0.5, 0.6) is 0 Å². The predicted octanol–water partition coefficient (Wildman–Crippen LogP) is 2.03. The van der Waals surface area contributed by atoms with Gasteiger partial charge in [0, 0.05) is 19.2 Å². The van der Waals surface area contributed by atoms with E-state index in [4.69, 9.17) is 5.11 Å². The lowest BCUT2D eigenvalue weighted by Gasteiger charge is -2.14.